The normalized spacial score (nSPS) is 26.5. The quantitative estimate of drug-likeness (QED) is 0.887. The number of hydrogen-bond acceptors (Lipinski definition) is 3. The van der Waals surface area contributed by atoms with Gasteiger partial charge in [0.2, 0.25) is 0 Å². The van der Waals surface area contributed by atoms with E-state index in [1.807, 2.05) is 0 Å². The molecule has 1 aliphatic rings. The molecule has 86 valence electrons. The summed E-state index contributed by atoms with van der Waals surface area (Å²) in [7, 11) is 0. The molecule has 0 bridgehead atoms. The Morgan fingerprint density at radius 3 is 2.93 bits per heavy atom. The van der Waals surface area contributed by atoms with Crippen molar-refractivity contribution >= 4 is 23.7 Å². The minimum absolute atomic E-state index is 0. The van der Waals surface area contributed by atoms with E-state index >= 15 is 0 Å². The molecule has 1 aromatic heterocycles. The van der Waals surface area contributed by atoms with Crippen LogP contribution in [0, 0.1) is 5.92 Å². The van der Waals surface area contributed by atoms with Crippen molar-refractivity contribution in [2.75, 3.05) is 13.1 Å². The van der Waals surface area contributed by atoms with Crippen LogP contribution in [0.1, 0.15) is 18.9 Å². The Kier molecular flexibility index (Phi) is 5.06. The van der Waals surface area contributed by atoms with Crippen molar-refractivity contribution in [3.05, 3.63) is 22.4 Å². The van der Waals surface area contributed by atoms with Crippen molar-refractivity contribution in [1.82, 2.24) is 4.90 Å². The Bertz CT molecular complexity index is 276. The van der Waals surface area contributed by atoms with Gasteiger partial charge in [0.05, 0.1) is 0 Å². The van der Waals surface area contributed by atoms with Gasteiger partial charge in [0, 0.05) is 19.1 Å². The molecular formula is C11H19ClN2S. The van der Waals surface area contributed by atoms with E-state index in [1.54, 1.807) is 11.3 Å². The van der Waals surface area contributed by atoms with Crippen LogP contribution < -0.4 is 5.73 Å². The number of halogens is 1. The van der Waals surface area contributed by atoms with Crippen LogP contribution in [-0.4, -0.2) is 24.0 Å². The predicted octanol–water partition coefficient (Wildman–Crippen LogP) is 2.34. The molecule has 0 aliphatic carbocycles. The van der Waals surface area contributed by atoms with Crippen molar-refractivity contribution in [3.8, 4) is 0 Å². The second kappa shape index (κ2) is 5.85. The Labute approximate surface area is 102 Å². The average molecular weight is 247 g/mol. The molecule has 2 atom stereocenters. The zero-order valence-electron chi connectivity index (χ0n) is 9.06. The Hall–Kier alpha value is -0.0900. The van der Waals surface area contributed by atoms with E-state index in [0.29, 0.717) is 12.0 Å². The van der Waals surface area contributed by atoms with Gasteiger partial charge < -0.3 is 5.73 Å². The molecule has 2 nitrogen and oxygen atoms in total. The molecule has 1 fully saturated rings. The van der Waals surface area contributed by atoms with E-state index in [0.717, 1.165) is 13.1 Å². The van der Waals surface area contributed by atoms with Crippen LogP contribution in [0.2, 0.25) is 0 Å². The van der Waals surface area contributed by atoms with Crippen LogP contribution in [0.25, 0.3) is 0 Å². The third-order valence-electron chi connectivity index (χ3n) is 3.09. The number of thiophene rings is 1. The summed E-state index contributed by atoms with van der Waals surface area (Å²) in [6.07, 6.45) is 1.26. The first-order valence-corrected chi connectivity index (χ1v) is 6.19. The highest BCUT2D eigenvalue weighted by molar-refractivity contribution is 7.07. The van der Waals surface area contributed by atoms with Gasteiger partial charge >= 0.3 is 0 Å². The summed E-state index contributed by atoms with van der Waals surface area (Å²) in [5.41, 5.74) is 7.15. The van der Waals surface area contributed by atoms with Gasteiger partial charge in [0.1, 0.15) is 0 Å². The highest BCUT2D eigenvalue weighted by atomic mass is 35.5. The highest BCUT2D eigenvalue weighted by Crippen LogP contribution is 2.24. The Morgan fingerprint density at radius 1 is 1.60 bits per heavy atom. The number of nitrogens with zero attached hydrogens (tertiary/aromatic N) is 1. The first kappa shape index (κ1) is 13.0. The van der Waals surface area contributed by atoms with E-state index in [-0.39, 0.29) is 12.4 Å². The molecule has 2 heterocycles. The molecule has 0 radical (unpaired) electrons. The van der Waals surface area contributed by atoms with Crippen LogP contribution in [0.15, 0.2) is 16.8 Å². The lowest BCUT2D eigenvalue weighted by atomic mass is 10.1. The van der Waals surface area contributed by atoms with E-state index < -0.39 is 0 Å². The number of rotatable bonds is 3. The molecule has 2 unspecified atom stereocenters. The van der Waals surface area contributed by atoms with Crippen molar-refractivity contribution in [2.24, 2.45) is 11.7 Å². The van der Waals surface area contributed by atoms with Crippen LogP contribution in [0.3, 0.4) is 0 Å². The predicted molar refractivity (Wildman–Crippen MR) is 68.6 cm³/mol. The summed E-state index contributed by atoms with van der Waals surface area (Å²) in [6, 6.07) is 2.91. The van der Waals surface area contributed by atoms with Gasteiger partial charge in [-0.3, -0.25) is 4.90 Å². The van der Waals surface area contributed by atoms with Gasteiger partial charge in [-0.2, -0.15) is 11.3 Å². The topological polar surface area (TPSA) is 29.3 Å². The second-order valence-corrected chi connectivity index (χ2v) is 5.03. The van der Waals surface area contributed by atoms with Crippen LogP contribution in [0.4, 0.5) is 0 Å². The molecule has 0 amide bonds. The van der Waals surface area contributed by atoms with E-state index in [2.05, 4.69) is 28.7 Å². The fourth-order valence-corrected chi connectivity index (χ4v) is 2.89. The molecule has 15 heavy (non-hydrogen) atoms. The monoisotopic (exact) mass is 246 g/mol. The third kappa shape index (κ3) is 3.18. The Morgan fingerprint density at radius 2 is 2.40 bits per heavy atom. The lowest BCUT2D eigenvalue weighted by molar-refractivity contribution is 0.256. The third-order valence-corrected chi connectivity index (χ3v) is 3.82. The standard InChI is InChI=1S/C11H18N2S.ClH/c1-9-4-11(5-12)7-13(9)6-10-2-3-14-8-10;/h2-3,8-9,11H,4-7,12H2,1H3;1H. The number of hydrogen-bond donors (Lipinski definition) is 1. The number of likely N-dealkylation sites (tertiary alicyclic amines) is 1. The largest absolute Gasteiger partial charge is 0.330 e. The molecule has 1 saturated heterocycles. The number of nitrogens with two attached hydrogens (primary N) is 1. The van der Waals surface area contributed by atoms with Crippen LogP contribution in [-0.2, 0) is 6.54 Å². The average Bonchev–Trinajstić information content (AvgIpc) is 2.78. The summed E-state index contributed by atoms with van der Waals surface area (Å²) >= 11 is 1.78. The van der Waals surface area contributed by atoms with Crippen LogP contribution in [0.5, 0.6) is 0 Å². The van der Waals surface area contributed by atoms with Gasteiger partial charge in [-0.1, -0.05) is 0 Å². The fraction of sp³-hybridized carbons (Fsp3) is 0.636. The molecule has 1 aliphatic heterocycles. The van der Waals surface area contributed by atoms with E-state index in [4.69, 9.17) is 5.73 Å². The zero-order valence-corrected chi connectivity index (χ0v) is 10.7. The summed E-state index contributed by atoms with van der Waals surface area (Å²) in [5.74, 6) is 0.712. The van der Waals surface area contributed by atoms with Gasteiger partial charge in [0.15, 0.2) is 0 Å². The van der Waals surface area contributed by atoms with E-state index in [9.17, 15) is 0 Å². The molecule has 4 heteroatoms. The molecule has 0 spiro atoms. The molecule has 0 aromatic carbocycles. The van der Waals surface area contributed by atoms with E-state index in [1.165, 1.54) is 18.5 Å². The SMILES string of the molecule is CC1CC(CN)CN1Cc1ccsc1.Cl. The lowest BCUT2D eigenvalue weighted by Gasteiger charge is -2.20. The molecular weight excluding hydrogens is 228 g/mol. The second-order valence-electron chi connectivity index (χ2n) is 4.25. The first-order chi connectivity index (χ1) is 6.79. The highest BCUT2D eigenvalue weighted by Gasteiger charge is 2.27. The zero-order chi connectivity index (χ0) is 9.97. The Balaban J connectivity index is 0.00000112. The van der Waals surface area contributed by atoms with Crippen LogP contribution >= 0.6 is 23.7 Å². The molecule has 1 aromatic rings. The van der Waals surface area contributed by atoms with Crippen molar-refractivity contribution in [2.45, 2.75) is 25.9 Å². The fourth-order valence-electron chi connectivity index (χ4n) is 2.23. The summed E-state index contributed by atoms with van der Waals surface area (Å²) in [5, 5.41) is 4.39. The summed E-state index contributed by atoms with van der Waals surface area (Å²) in [6.45, 7) is 5.42. The molecule has 2 N–H and O–H groups in total. The summed E-state index contributed by atoms with van der Waals surface area (Å²) in [4.78, 5) is 2.54. The maximum absolute atomic E-state index is 5.71. The lowest BCUT2D eigenvalue weighted by Crippen LogP contribution is -2.27. The molecule has 2 rings (SSSR count). The van der Waals surface area contributed by atoms with Gasteiger partial charge in [-0.05, 0) is 48.2 Å². The maximum Gasteiger partial charge on any atom is 0.0244 e. The first-order valence-electron chi connectivity index (χ1n) is 5.24. The van der Waals surface area contributed by atoms with Gasteiger partial charge in [0.25, 0.3) is 0 Å². The smallest absolute Gasteiger partial charge is 0.0244 e. The minimum Gasteiger partial charge on any atom is -0.330 e. The van der Waals surface area contributed by atoms with Crippen molar-refractivity contribution < 1.29 is 0 Å². The minimum atomic E-state index is 0. The summed E-state index contributed by atoms with van der Waals surface area (Å²) < 4.78 is 0. The van der Waals surface area contributed by atoms with Crippen molar-refractivity contribution in [3.63, 3.8) is 0 Å². The maximum atomic E-state index is 5.71. The van der Waals surface area contributed by atoms with Crippen molar-refractivity contribution in [1.29, 1.82) is 0 Å². The van der Waals surface area contributed by atoms with Gasteiger partial charge in [-0.15, -0.1) is 12.4 Å². The molecule has 0 saturated carbocycles. The van der Waals surface area contributed by atoms with Gasteiger partial charge in [-0.25, -0.2) is 0 Å².